The molecule has 0 amide bonds. The van der Waals surface area contributed by atoms with Gasteiger partial charge in [0.2, 0.25) is 4.38 Å². The molecular weight excluding hydrogens is 246 g/mol. The summed E-state index contributed by atoms with van der Waals surface area (Å²) in [6.45, 7) is 2.44. The number of nitro benzene ring substituents is 1. The molecule has 1 rings (SSSR count). The van der Waals surface area contributed by atoms with Crippen LogP contribution in [0.2, 0.25) is 0 Å². The number of ether oxygens (including phenoxy) is 1. The lowest BCUT2D eigenvalue weighted by molar-refractivity contribution is -0.384. The lowest BCUT2D eigenvalue weighted by atomic mass is 10.2. The van der Waals surface area contributed by atoms with Crippen LogP contribution >= 0.6 is 24.0 Å². The maximum Gasteiger partial charge on any atom is 0.269 e. The number of nitrogens with zero attached hydrogens (tertiary/aromatic N) is 1. The molecule has 0 aliphatic carbocycles. The van der Waals surface area contributed by atoms with Crippen molar-refractivity contribution < 1.29 is 9.66 Å². The Balaban J connectivity index is 2.49. The van der Waals surface area contributed by atoms with Gasteiger partial charge in [-0.05, 0) is 24.7 Å². The molecule has 0 aliphatic heterocycles. The standard InChI is InChI=1S/C10H11NO3S2/c1-2-14-10(15)16-7-8-3-5-9(6-4-8)11(12)13/h3-6H,2,7H2,1H3. The lowest BCUT2D eigenvalue weighted by Gasteiger charge is -2.03. The van der Waals surface area contributed by atoms with Crippen LogP contribution in [0.5, 0.6) is 0 Å². The SMILES string of the molecule is CCOC(=S)SCc1ccc([N+](=O)[O-])cc1. The monoisotopic (exact) mass is 257 g/mol. The fourth-order valence-corrected chi connectivity index (χ4v) is 1.99. The Hall–Kier alpha value is -1.14. The average molecular weight is 257 g/mol. The van der Waals surface area contributed by atoms with Gasteiger partial charge in [-0.3, -0.25) is 10.1 Å². The molecule has 0 aliphatic rings. The molecule has 1 aromatic carbocycles. The van der Waals surface area contributed by atoms with E-state index in [0.29, 0.717) is 16.7 Å². The summed E-state index contributed by atoms with van der Waals surface area (Å²) in [6.07, 6.45) is 0. The Morgan fingerprint density at radius 2 is 2.12 bits per heavy atom. The van der Waals surface area contributed by atoms with Crippen molar-refractivity contribution in [2.75, 3.05) is 6.61 Å². The second kappa shape index (κ2) is 6.44. The minimum Gasteiger partial charge on any atom is -0.479 e. The second-order valence-corrected chi connectivity index (χ2v) is 4.47. The topological polar surface area (TPSA) is 52.4 Å². The molecule has 16 heavy (non-hydrogen) atoms. The number of hydrogen-bond donors (Lipinski definition) is 0. The molecule has 0 aromatic heterocycles. The van der Waals surface area contributed by atoms with E-state index in [4.69, 9.17) is 17.0 Å². The Kier molecular flexibility index (Phi) is 5.21. The maximum atomic E-state index is 10.4. The van der Waals surface area contributed by atoms with Crippen LogP contribution in [-0.2, 0) is 10.5 Å². The van der Waals surface area contributed by atoms with E-state index in [9.17, 15) is 10.1 Å². The number of thiocarbonyl (C=S) groups is 1. The predicted molar refractivity (Wildman–Crippen MR) is 68.6 cm³/mol. The first-order chi connectivity index (χ1) is 7.63. The van der Waals surface area contributed by atoms with Gasteiger partial charge in [-0.15, -0.1) is 0 Å². The minimum atomic E-state index is -0.415. The van der Waals surface area contributed by atoms with Gasteiger partial charge in [-0.1, -0.05) is 23.9 Å². The molecule has 4 nitrogen and oxygen atoms in total. The van der Waals surface area contributed by atoms with E-state index >= 15 is 0 Å². The van der Waals surface area contributed by atoms with Gasteiger partial charge in [0.15, 0.2) is 0 Å². The van der Waals surface area contributed by atoms with Gasteiger partial charge >= 0.3 is 0 Å². The summed E-state index contributed by atoms with van der Waals surface area (Å²) in [6, 6.07) is 6.42. The van der Waals surface area contributed by atoms with Gasteiger partial charge in [0, 0.05) is 17.9 Å². The lowest BCUT2D eigenvalue weighted by Crippen LogP contribution is -1.96. The van der Waals surface area contributed by atoms with Gasteiger partial charge in [-0.25, -0.2) is 0 Å². The van der Waals surface area contributed by atoms with Crippen molar-refractivity contribution in [2.45, 2.75) is 12.7 Å². The molecule has 0 radical (unpaired) electrons. The molecule has 1 aromatic rings. The van der Waals surface area contributed by atoms with Crippen LogP contribution in [0, 0.1) is 10.1 Å². The highest BCUT2D eigenvalue weighted by atomic mass is 32.2. The summed E-state index contributed by atoms with van der Waals surface area (Å²) in [5.41, 5.74) is 1.08. The van der Waals surface area contributed by atoms with Crippen molar-refractivity contribution in [1.82, 2.24) is 0 Å². The quantitative estimate of drug-likeness (QED) is 0.471. The fraction of sp³-hybridized carbons (Fsp3) is 0.300. The number of rotatable bonds is 4. The van der Waals surface area contributed by atoms with Crippen LogP contribution in [-0.4, -0.2) is 15.9 Å². The van der Waals surface area contributed by atoms with Crippen LogP contribution in [0.25, 0.3) is 0 Å². The second-order valence-electron chi connectivity index (χ2n) is 2.90. The predicted octanol–water partition coefficient (Wildman–Crippen LogP) is 3.15. The van der Waals surface area contributed by atoms with E-state index in [1.165, 1.54) is 23.9 Å². The zero-order valence-electron chi connectivity index (χ0n) is 8.71. The van der Waals surface area contributed by atoms with Crippen molar-refractivity contribution in [3.8, 4) is 0 Å². The summed E-state index contributed by atoms with van der Waals surface area (Å²) in [5.74, 6) is 0.664. The van der Waals surface area contributed by atoms with Gasteiger partial charge in [0.1, 0.15) is 0 Å². The highest BCUT2D eigenvalue weighted by Gasteiger charge is 2.04. The Morgan fingerprint density at radius 3 is 2.62 bits per heavy atom. The van der Waals surface area contributed by atoms with Crippen LogP contribution in [0.3, 0.4) is 0 Å². The summed E-state index contributed by atoms with van der Waals surface area (Å²) in [4.78, 5) is 10.0. The molecule has 0 saturated carbocycles. The zero-order valence-corrected chi connectivity index (χ0v) is 10.3. The smallest absolute Gasteiger partial charge is 0.269 e. The first-order valence-electron chi connectivity index (χ1n) is 4.66. The number of benzene rings is 1. The summed E-state index contributed by atoms with van der Waals surface area (Å²) in [5, 5.41) is 10.4. The van der Waals surface area contributed by atoms with Gasteiger partial charge in [0.25, 0.3) is 5.69 Å². The van der Waals surface area contributed by atoms with Crippen molar-refractivity contribution in [2.24, 2.45) is 0 Å². The Morgan fingerprint density at radius 1 is 1.50 bits per heavy atom. The summed E-state index contributed by atoms with van der Waals surface area (Å²) in [7, 11) is 0. The van der Waals surface area contributed by atoms with Crippen LogP contribution in [0.4, 0.5) is 5.69 Å². The molecule has 86 valence electrons. The van der Waals surface area contributed by atoms with Crippen molar-refractivity contribution in [1.29, 1.82) is 0 Å². The summed E-state index contributed by atoms with van der Waals surface area (Å²) < 4.78 is 5.61. The zero-order chi connectivity index (χ0) is 12.0. The van der Waals surface area contributed by atoms with Crippen molar-refractivity contribution in [3.63, 3.8) is 0 Å². The van der Waals surface area contributed by atoms with E-state index in [-0.39, 0.29) is 5.69 Å². The highest BCUT2D eigenvalue weighted by molar-refractivity contribution is 8.22. The molecule has 0 spiro atoms. The minimum absolute atomic E-state index is 0.0983. The molecule has 0 bridgehead atoms. The van der Waals surface area contributed by atoms with E-state index in [2.05, 4.69) is 0 Å². The van der Waals surface area contributed by atoms with E-state index in [0.717, 1.165) is 5.56 Å². The van der Waals surface area contributed by atoms with Gasteiger partial charge in [-0.2, -0.15) is 0 Å². The number of thioether (sulfide) groups is 1. The molecule has 6 heteroatoms. The number of nitro groups is 1. The van der Waals surface area contributed by atoms with Crippen LogP contribution in [0.15, 0.2) is 24.3 Å². The van der Waals surface area contributed by atoms with Crippen LogP contribution in [0.1, 0.15) is 12.5 Å². The van der Waals surface area contributed by atoms with Crippen molar-refractivity contribution >= 4 is 34.0 Å². The Labute approximate surface area is 103 Å². The molecule has 0 heterocycles. The molecular formula is C10H11NO3S2. The molecule has 0 fully saturated rings. The van der Waals surface area contributed by atoms with E-state index < -0.39 is 4.92 Å². The van der Waals surface area contributed by atoms with Crippen molar-refractivity contribution in [3.05, 3.63) is 39.9 Å². The van der Waals surface area contributed by atoms with E-state index in [1.54, 1.807) is 12.1 Å². The molecule has 0 atom stereocenters. The Bertz CT molecular complexity index is 378. The number of non-ortho nitro benzene ring substituents is 1. The van der Waals surface area contributed by atoms with Gasteiger partial charge < -0.3 is 4.74 Å². The third-order valence-corrected chi connectivity index (χ3v) is 3.07. The first-order valence-corrected chi connectivity index (χ1v) is 6.05. The summed E-state index contributed by atoms with van der Waals surface area (Å²) >= 11 is 6.36. The van der Waals surface area contributed by atoms with Gasteiger partial charge in [0.05, 0.1) is 11.5 Å². The number of hydrogen-bond acceptors (Lipinski definition) is 5. The average Bonchev–Trinajstić information content (AvgIpc) is 2.27. The normalized spacial score (nSPS) is 9.81. The maximum absolute atomic E-state index is 10.4. The fourth-order valence-electron chi connectivity index (χ4n) is 1.02. The third kappa shape index (κ3) is 4.16. The largest absolute Gasteiger partial charge is 0.479 e. The molecule has 0 N–H and O–H groups in total. The third-order valence-electron chi connectivity index (χ3n) is 1.77. The van der Waals surface area contributed by atoms with E-state index in [1.807, 2.05) is 6.92 Å². The van der Waals surface area contributed by atoms with Crippen LogP contribution < -0.4 is 0 Å². The molecule has 0 saturated heterocycles. The highest BCUT2D eigenvalue weighted by Crippen LogP contribution is 2.18. The molecule has 0 unspecified atom stereocenters. The first kappa shape index (κ1) is 12.9.